The van der Waals surface area contributed by atoms with E-state index in [1.165, 1.54) is 0 Å². The van der Waals surface area contributed by atoms with E-state index in [9.17, 15) is 9.59 Å². The number of halogens is 1. The molecule has 0 radical (unpaired) electrons. The van der Waals surface area contributed by atoms with Gasteiger partial charge in [0.1, 0.15) is 5.75 Å². The van der Waals surface area contributed by atoms with Gasteiger partial charge in [-0.2, -0.15) is 0 Å². The molecule has 1 aliphatic rings. The summed E-state index contributed by atoms with van der Waals surface area (Å²) in [6.07, 6.45) is 1.79. The first-order valence-corrected chi connectivity index (χ1v) is 11.5. The van der Waals surface area contributed by atoms with Crippen molar-refractivity contribution >= 4 is 23.4 Å². The van der Waals surface area contributed by atoms with Gasteiger partial charge in [-0.25, -0.2) is 0 Å². The van der Waals surface area contributed by atoms with Crippen LogP contribution in [0, 0.1) is 0 Å². The predicted molar refractivity (Wildman–Crippen MR) is 131 cm³/mol. The van der Waals surface area contributed by atoms with Crippen molar-refractivity contribution in [2.24, 2.45) is 0 Å². The fraction of sp³-hybridized carbons (Fsp3) is 0.259. The average Bonchev–Trinajstić information content (AvgIpc) is 2.84. The zero-order chi connectivity index (χ0) is 23.2. The summed E-state index contributed by atoms with van der Waals surface area (Å²) in [7, 11) is 1.65. The smallest absolute Gasteiger partial charge is 0.253 e. The SMILES string of the molecule is COc1cccc(-c2ccc(C(=O)N3CCC(NC(=O)Cc4cccc(Cl)c4)CC3)cc2)c1. The molecule has 0 aliphatic carbocycles. The van der Waals surface area contributed by atoms with Crippen molar-refractivity contribution in [3.05, 3.63) is 88.9 Å². The van der Waals surface area contributed by atoms with Crippen LogP contribution in [-0.2, 0) is 11.2 Å². The van der Waals surface area contributed by atoms with Gasteiger partial charge in [-0.3, -0.25) is 9.59 Å². The number of nitrogens with one attached hydrogen (secondary N) is 1. The van der Waals surface area contributed by atoms with E-state index in [2.05, 4.69) is 5.32 Å². The van der Waals surface area contributed by atoms with Crippen molar-refractivity contribution in [3.63, 3.8) is 0 Å². The number of carbonyl (C=O) groups is 2. The summed E-state index contributed by atoms with van der Waals surface area (Å²) in [4.78, 5) is 27.2. The molecule has 3 aromatic carbocycles. The summed E-state index contributed by atoms with van der Waals surface area (Å²) in [5.41, 5.74) is 3.64. The van der Waals surface area contributed by atoms with E-state index in [-0.39, 0.29) is 17.9 Å². The second kappa shape index (κ2) is 10.5. The summed E-state index contributed by atoms with van der Waals surface area (Å²) in [5.74, 6) is 0.807. The number of amides is 2. The van der Waals surface area contributed by atoms with E-state index in [0.29, 0.717) is 30.1 Å². The minimum atomic E-state index is -0.0184. The number of piperidine rings is 1. The van der Waals surface area contributed by atoms with Gasteiger partial charge in [-0.15, -0.1) is 0 Å². The van der Waals surface area contributed by atoms with Crippen LogP contribution in [0.3, 0.4) is 0 Å². The van der Waals surface area contributed by atoms with Crippen LogP contribution in [0.2, 0.25) is 5.02 Å². The number of ether oxygens (including phenoxy) is 1. The normalized spacial score (nSPS) is 14.1. The number of likely N-dealkylation sites (tertiary alicyclic amines) is 1. The maximum absolute atomic E-state index is 13.0. The summed E-state index contributed by atoms with van der Waals surface area (Å²) in [6, 6.07) is 22.9. The Morgan fingerprint density at radius 3 is 2.39 bits per heavy atom. The molecule has 0 unspecified atom stereocenters. The average molecular weight is 463 g/mol. The number of carbonyl (C=O) groups excluding carboxylic acids is 2. The third-order valence-corrected chi connectivity index (χ3v) is 6.17. The predicted octanol–water partition coefficient (Wildman–Crippen LogP) is 4.98. The Labute approximate surface area is 199 Å². The molecule has 0 spiro atoms. The second-order valence-corrected chi connectivity index (χ2v) is 8.69. The largest absolute Gasteiger partial charge is 0.497 e. The Hall–Kier alpha value is -3.31. The van der Waals surface area contributed by atoms with E-state index in [1.54, 1.807) is 13.2 Å². The molecule has 0 saturated carbocycles. The van der Waals surface area contributed by atoms with Gasteiger partial charge in [0.25, 0.3) is 5.91 Å². The van der Waals surface area contributed by atoms with Crippen LogP contribution >= 0.6 is 11.6 Å². The Bertz CT molecular complexity index is 1120. The molecular formula is C27H27ClN2O3. The summed E-state index contributed by atoms with van der Waals surface area (Å²) in [6.45, 7) is 1.25. The molecule has 4 rings (SSSR count). The highest BCUT2D eigenvalue weighted by Gasteiger charge is 2.24. The Morgan fingerprint density at radius 1 is 0.970 bits per heavy atom. The van der Waals surface area contributed by atoms with Crippen molar-refractivity contribution in [2.45, 2.75) is 25.3 Å². The number of nitrogens with zero attached hydrogens (tertiary/aromatic N) is 1. The molecule has 0 aromatic heterocycles. The molecule has 6 heteroatoms. The quantitative estimate of drug-likeness (QED) is 0.562. The lowest BCUT2D eigenvalue weighted by atomic mass is 10.0. The molecule has 1 saturated heterocycles. The fourth-order valence-corrected chi connectivity index (χ4v) is 4.34. The van der Waals surface area contributed by atoms with E-state index in [4.69, 9.17) is 16.3 Å². The standard InChI is InChI=1S/C27H27ClN2O3/c1-33-25-7-3-5-22(18-25)20-8-10-21(11-9-20)27(32)30-14-12-24(13-15-30)29-26(31)17-19-4-2-6-23(28)16-19/h2-11,16,18,24H,12-15,17H2,1H3,(H,29,31). The summed E-state index contributed by atoms with van der Waals surface area (Å²) in [5, 5.41) is 3.72. The molecule has 0 atom stereocenters. The van der Waals surface area contributed by atoms with Gasteiger partial charge >= 0.3 is 0 Å². The maximum Gasteiger partial charge on any atom is 0.253 e. The molecule has 1 N–H and O–H groups in total. The van der Waals surface area contributed by atoms with Crippen LogP contribution in [0.4, 0.5) is 0 Å². The van der Waals surface area contributed by atoms with Gasteiger partial charge in [0.15, 0.2) is 0 Å². The lowest BCUT2D eigenvalue weighted by molar-refractivity contribution is -0.121. The zero-order valence-corrected chi connectivity index (χ0v) is 19.3. The Morgan fingerprint density at radius 2 is 1.70 bits per heavy atom. The van der Waals surface area contributed by atoms with Gasteiger partial charge in [0.2, 0.25) is 5.91 Å². The van der Waals surface area contributed by atoms with Crippen LogP contribution in [-0.4, -0.2) is 43.0 Å². The van der Waals surface area contributed by atoms with Crippen LogP contribution in [0.5, 0.6) is 5.75 Å². The van der Waals surface area contributed by atoms with Crippen LogP contribution in [0.25, 0.3) is 11.1 Å². The monoisotopic (exact) mass is 462 g/mol. The van der Waals surface area contributed by atoms with Crippen molar-refractivity contribution in [1.82, 2.24) is 10.2 Å². The highest BCUT2D eigenvalue weighted by atomic mass is 35.5. The van der Waals surface area contributed by atoms with Gasteiger partial charge in [0, 0.05) is 29.7 Å². The summed E-state index contributed by atoms with van der Waals surface area (Å²) >= 11 is 5.99. The topological polar surface area (TPSA) is 58.6 Å². The maximum atomic E-state index is 13.0. The van der Waals surface area contributed by atoms with E-state index >= 15 is 0 Å². The fourth-order valence-electron chi connectivity index (χ4n) is 4.13. The third-order valence-electron chi connectivity index (χ3n) is 5.94. The van der Waals surface area contributed by atoms with Gasteiger partial charge in [-0.05, 0) is 65.9 Å². The van der Waals surface area contributed by atoms with Gasteiger partial charge in [0.05, 0.1) is 13.5 Å². The van der Waals surface area contributed by atoms with E-state index in [1.807, 2.05) is 71.6 Å². The Kier molecular flexibility index (Phi) is 7.30. The van der Waals surface area contributed by atoms with Crippen molar-refractivity contribution in [3.8, 4) is 16.9 Å². The third kappa shape index (κ3) is 5.93. The lowest BCUT2D eigenvalue weighted by Crippen LogP contribution is -2.46. The second-order valence-electron chi connectivity index (χ2n) is 8.25. The molecule has 1 aliphatic heterocycles. The molecule has 0 bridgehead atoms. The molecule has 33 heavy (non-hydrogen) atoms. The molecule has 170 valence electrons. The highest BCUT2D eigenvalue weighted by Crippen LogP contribution is 2.25. The van der Waals surface area contributed by atoms with E-state index < -0.39 is 0 Å². The van der Waals surface area contributed by atoms with Gasteiger partial charge in [-0.1, -0.05) is 48.0 Å². The summed E-state index contributed by atoms with van der Waals surface area (Å²) < 4.78 is 5.29. The van der Waals surface area contributed by atoms with E-state index in [0.717, 1.165) is 35.3 Å². The molecular weight excluding hydrogens is 436 g/mol. The molecule has 5 nitrogen and oxygen atoms in total. The number of rotatable bonds is 6. The van der Waals surface area contributed by atoms with Crippen LogP contribution < -0.4 is 10.1 Å². The molecule has 1 fully saturated rings. The van der Waals surface area contributed by atoms with Crippen LogP contribution in [0.15, 0.2) is 72.8 Å². The Balaban J connectivity index is 1.29. The highest BCUT2D eigenvalue weighted by molar-refractivity contribution is 6.30. The minimum Gasteiger partial charge on any atom is -0.497 e. The zero-order valence-electron chi connectivity index (χ0n) is 18.6. The number of hydrogen-bond acceptors (Lipinski definition) is 3. The minimum absolute atomic E-state index is 0.0184. The molecule has 3 aromatic rings. The van der Waals surface area contributed by atoms with Gasteiger partial charge < -0.3 is 15.0 Å². The first kappa shape index (κ1) is 22.9. The first-order valence-electron chi connectivity index (χ1n) is 11.1. The number of benzene rings is 3. The lowest BCUT2D eigenvalue weighted by Gasteiger charge is -2.32. The van der Waals surface area contributed by atoms with Crippen molar-refractivity contribution < 1.29 is 14.3 Å². The van der Waals surface area contributed by atoms with Crippen LogP contribution in [0.1, 0.15) is 28.8 Å². The molecule has 1 heterocycles. The van der Waals surface area contributed by atoms with Crippen molar-refractivity contribution in [1.29, 1.82) is 0 Å². The van der Waals surface area contributed by atoms with Crippen molar-refractivity contribution in [2.75, 3.05) is 20.2 Å². The number of methoxy groups -OCH3 is 1. The molecule has 2 amide bonds. The first-order chi connectivity index (χ1) is 16.0. The number of hydrogen-bond donors (Lipinski definition) is 1.